The third-order valence-electron chi connectivity index (χ3n) is 4.74. The molecule has 2 N–H and O–H groups in total. The van der Waals surface area contributed by atoms with Crippen LogP contribution in [0.4, 0.5) is 5.69 Å². The fourth-order valence-electron chi connectivity index (χ4n) is 3.05. The Kier molecular flexibility index (Phi) is 4.13. The van der Waals surface area contributed by atoms with Crippen molar-refractivity contribution in [3.05, 3.63) is 45.8 Å². The number of anilines is 1. The van der Waals surface area contributed by atoms with Crippen LogP contribution in [-0.2, 0) is 16.1 Å². The highest BCUT2D eigenvalue weighted by Crippen LogP contribution is 2.38. The molecule has 1 aromatic carbocycles. The summed E-state index contributed by atoms with van der Waals surface area (Å²) in [5.41, 5.74) is 5.57. The minimum Gasteiger partial charge on any atom is -0.361 e. The van der Waals surface area contributed by atoms with Gasteiger partial charge in [0.1, 0.15) is 5.76 Å². The molecule has 0 unspecified atom stereocenters. The van der Waals surface area contributed by atoms with Crippen molar-refractivity contribution in [1.82, 2.24) is 10.5 Å². The molecule has 1 atom stereocenters. The number of benzene rings is 1. The molecule has 0 spiro atoms. The van der Waals surface area contributed by atoms with Crippen LogP contribution in [0.5, 0.6) is 0 Å². The Labute approximate surface area is 140 Å². The average molecular weight is 327 g/mol. The summed E-state index contributed by atoms with van der Waals surface area (Å²) in [6.07, 6.45) is 0.130. The molecule has 0 aliphatic carbocycles. The van der Waals surface area contributed by atoms with Crippen LogP contribution in [0.25, 0.3) is 0 Å². The summed E-state index contributed by atoms with van der Waals surface area (Å²) in [5, 5.41) is 9.62. The molecular formula is C18H21N3O3. The van der Waals surface area contributed by atoms with E-state index in [9.17, 15) is 9.59 Å². The van der Waals surface area contributed by atoms with Crippen LogP contribution in [0.1, 0.15) is 46.0 Å². The topological polar surface area (TPSA) is 84.2 Å². The number of carbonyl (C=O) groups is 2. The van der Waals surface area contributed by atoms with Crippen molar-refractivity contribution in [2.45, 2.75) is 46.6 Å². The van der Waals surface area contributed by atoms with E-state index >= 15 is 0 Å². The molecule has 2 amide bonds. The van der Waals surface area contributed by atoms with Crippen molar-refractivity contribution in [1.29, 1.82) is 0 Å². The molecular weight excluding hydrogens is 306 g/mol. The Bertz CT molecular complexity index is 804. The molecule has 1 aromatic heterocycles. The Morgan fingerprint density at radius 2 is 2.04 bits per heavy atom. The van der Waals surface area contributed by atoms with Crippen LogP contribution < -0.4 is 10.6 Å². The van der Waals surface area contributed by atoms with Crippen molar-refractivity contribution in [3.8, 4) is 0 Å². The minimum absolute atomic E-state index is 0.119. The van der Waals surface area contributed by atoms with Crippen LogP contribution >= 0.6 is 0 Å². The van der Waals surface area contributed by atoms with E-state index < -0.39 is 5.92 Å². The molecule has 24 heavy (non-hydrogen) atoms. The maximum Gasteiger partial charge on any atom is 0.232 e. The fourth-order valence-corrected chi connectivity index (χ4v) is 3.05. The predicted octanol–water partition coefficient (Wildman–Crippen LogP) is 2.65. The average Bonchev–Trinajstić information content (AvgIpc) is 3.02. The largest absolute Gasteiger partial charge is 0.361 e. The van der Waals surface area contributed by atoms with Crippen LogP contribution in [0.2, 0.25) is 0 Å². The number of fused-ring (bicyclic) bond motifs is 1. The highest BCUT2D eigenvalue weighted by molar-refractivity contribution is 6.05. The first-order valence-electron chi connectivity index (χ1n) is 7.98. The van der Waals surface area contributed by atoms with E-state index in [1.54, 1.807) is 0 Å². The second-order valence-electron chi connectivity index (χ2n) is 6.30. The molecule has 0 saturated carbocycles. The number of rotatable bonds is 4. The molecule has 126 valence electrons. The minimum atomic E-state index is -0.441. The van der Waals surface area contributed by atoms with Gasteiger partial charge in [0, 0.05) is 24.2 Å². The van der Waals surface area contributed by atoms with Gasteiger partial charge in [0.05, 0.1) is 11.6 Å². The van der Waals surface area contributed by atoms with Gasteiger partial charge in [-0.15, -0.1) is 0 Å². The van der Waals surface area contributed by atoms with E-state index in [4.69, 9.17) is 4.52 Å². The van der Waals surface area contributed by atoms with Crippen LogP contribution in [-0.4, -0.2) is 17.0 Å². The molecule has 6 heteroatoms. The zero-order valence-corrected chi connectivity index (χ0v) is 14.3. The lowest BCUT2D eigenvalue weighted by Crippen LogP contribution is -2.27. The van der Waals surface area contributed by atoms with Crippen molar-refractivity contribution >= 4 is 17.5 Å². The van der Waals surface area contributed by atoms with E-state index in [1.165, 1.54) is 0 Å². The summed E-state index contributed by atoms with van der Waals surface area (Å²) in [5.74, 6) is -0.0285. The Morgan fingerprint density at radius 3 is 2.71 bits per heavy atom. The summed E-state index contributed by atoms with van der Waals surface area (Å²) >= 11 is 0. The second kappa shape index (κ2) is 6.11. The Balaban J connectivity index is 1.70. The SMILES string of the molecule is Cc1ccc2c(c1C)NC(=O)[C@@H]2CC(=O)NCc1c(C)noc1C. The van der Waals surface area contributed by atoms with Crippen molar-refractivity contribution in [2.24, 2.45) is 0 Å². The number of amides is 2. The molecule has 6 nitrogen and oxygen atoms in total. The lowest BCUT2D eigenvalue weighted by Gasteiger charge is -2.11. The van der Waals surface area contributed by atoms with Gasteiger partial charge in [0.25, 0.3) is 0 Å². The van der Waals surface area contributed by atoms with E-state index in [1.807, 2.05) is 39.8 Å². The second-order valence-corrected chi connectivity index (χ2v) is 6.30. The maximum absolute atomic E-state index is 12.3. The lowest BCUT2D eigenvalue weighted by molar-refractivity contribution is -0.125. The number of aromatic nitrogens is 1. The zero-order valence-electron chi connectivity index (χ0n) is 14.3. The van der Waals surface area contributed by atoms with Crippen LogP contribution in [0.3, 0.4) is 0 Å². The molecule has 0 bridgehead atoms. The standard InChI is InChI=1S/C18H21N3O3/c1-9-5-6-13-14(18(23)20-17(13)10(9)2)7-16(22)19-8-15-11(3)21-24-12(15)4/h5-6,14H,7-8H2,1-4H3,(H,19,22)(H,20,23)/t14-/m1/s1. The van der Waals surface area contributed by atoms with E-state index in [0.29, 0.717) is 12.3 Å². The number of hydrogen-bond donors (Lipinski definition) is 2. The first kappa shape index (κ1) is 16.2. The fraction of sp³-hybridized carbons (Fsp3) is 0.389. The van der Waals surface area contributed by atoms with Crippen molar-refractivity contribution < 1.29 is 14.1 Å². The van der Waals surface area contributed by atoms with Gasteiger partial charge in [-0.2, -0.15) is 0 Å². The van der Waals surface area contributed by atoms with Gasteiger partial charge in [-0.05, 0) is 44.4 Å². The van der Waals surface area contributed by atoms with Gasteiger partial charge >= 0.3 is 0 Å². The molecule has 2 aromatic rings. The van der Waals surface area contributed by atoms with Crippen molar-refractivity contribution in [3.63, 3.8) is 0 Å². The molecule has 1 aliphatic heterocycles. The molecule has 0 fully saturated rings. The molecule has 0 radical (unpaired) electrons. The van der Waals surface area contributed by atoms with E-state index in [0.717, 1.165) is 33.6 Å². The third-order valence-corrected chi connectivity index (χ3v) is 4.74. The van der Waals surface area contributed by atoms with Gasteiger partial charge in [-0.3, -0.25) is 9.59 Å². The highest BCUT2D eigenvalue weighted by atomic mass is 16.5. The van der Waals surface area contributed by atoms with Gasteiger partial charge in [0.2, 0.25) is 11.8 Å². The Hall–Kier alpha value is -2.63. The number of nitrogens with one attached hydrogen (secondary N) is 2. The molecule has 1 aliphatic rings. The normalized spacial score (nSPS) is 16.0. The molecule has 0 saturated heterocycles. The van der Waals surface area contributed by atoms with Crippen molar-refractivity contribution in [2.75, 3.05) is 5.32 Å². The first-order valence-corrected chi connectivity index (χ1v) is 7.98. The monoisotopic (exact) mass is 327 g/mol. The number of aryl methyl sites for hydroxylation is 3. The molecule has 3 rings (SSSR count). The zero-order chi connectivity index (χ0) is 17.4. The van der Waals surface area contributed by atoms with E-state index in [2.05, 4.69) is 15.8 Å². The predicted molar refractivity (Wildman–Crippen MR) is 89.7 cm³/mol. The number of hydrogen-bond acceptors (Lipinski definition) is 4. The first-order chi connectivity index (χ1) is 11.4. The number of carbonyl (C=O) groups excluding carboxylic acids is 2. The summed E-state index contributed by atoms with van der Waals surface area (Å²) in [6, 6.07) is 3.92. The summed E-state index contributed by atoms with van der Waals surface area (Å²) in [7, 11) is 0. The third kappa shape index (κ3) is 2.79. The lowest BCUT2D eigenvalue weighted by atomic mass is 9.94. The number of nitrogens with zero attached hydrogens (tertiary/aromatic N) is 1. The van der Waals surface area contributed by atoms with Gasteiger partial charge in [-0.25, -0.2) is 0 Å². The van der Waals surface area contributed by atoms with Crippen LogP contribution in [0, 0.1) is 27.7 Å². The highest BCUT2D eigenvalue weighted by Gasteiger charge is 2.33. The van der Waals surface area contributed by atoms with Gasteiger partial charge < -0.3 is 15.2 Å². The summed E-state index contributed by atoms with van der Waals surface area (Å²) in [4.78, 5) is 24.5. The smallest absolute Gasteiger partial charge is 0.232 e. The maximum atomic E-state index is 12.3. The van der Waals surface area contributed by atoms with Crippen LogP contribution in [0.15, 0.2) is 16.7 Å². The molecule has 2 heterocycles. The summed E-state index contributed by atoms with van der Waals surface area (Å²) in [6.45, 7) is 7.99. The van der Waals surface area contributed by atoms with E-state index in [-0.39, 0.29) is 18.2 Å². The summed E-state index contributed by atoms with van der Waals surface area (Å²) < 4.78 is 5.08. The van der Waals surface area contributed by atoms with Gasteiger partial charge in [-0.1, -0.05) is 17.3 Å². The van der Waals surface area contributed by atoms with Gasteiger partial charge in [0.15, 0.2) is 0 Å². The quantitative estimate of drug-likeness (QED) is 0.904. The Morgan fingerprint density at radius 1 is 1.29 bits per heavy atom.